The van der Waals surface area contributed by atoms with Gasteiger partial charge in [0.15, 0.2) is 11.5 Å². The molecule has 234 valence electrons. The van der Waals surface area contributed by atoms with E-state index in [1.54, 1.807) is 6.07 Å². The summed E-state index contributed by atoms with van der Waals surface area (Å²) in [6, 6.07) is 18.7. The fourth-order valence-corrected chi connectivity index (χ4v) is 6.61. The number of aromatic nitrogens is 1. The molecule has 1 amide bonds. The zero-order chi connectivity index (χ0) is 31.0. The topological polar surface area (TPSA) is 66.9 Å². The van der Waals surface area contributed by atoms with Crippen molar-refractivity contribution < 1.29 is 27.4 Å². The third-order valence-electron chi connectivity index (χ3n) is 8.98. The summed E-state index contributed by atoms with van der Waals surface area (Å²) in [6.07, 6.45) is -0.0396. The minimum absolute atomic E-state index is 0.0269. The van der Waals surface area contributed by atoms with Gasteiger partial charge in [-0.2, -0.15) is 13.2 Å². The molecule has 0 spiro atoms. The van der Waals surface area contributed by atoms with E-state index in [2.05, 4.69) is 10.2 Å². The fraction of sp³-hybridized carbons (Fsp3) is 0.371. The lowest BCUT2D eigenvalue weighted by molar-refractivity contribution is -0.137. The first-order valence-corrected chi connectivity index (χ1v) is 15.6. The van der Waals surface area contributed by atoms with E-state index in [4.69, 9.17) is 14.5 Å². The molecule has 0 unspecified atom stereocenters. The Morgan fingerprint density at radius 1 is 0.867 bits per heavy atom. The highest BCUT2D eigenvalue weighted by atomic mass is 19.4. The number of anilines is 1. The summed E-state index contributed by atoms with van der Waals surface area (Å²) in [5.74, 6) is 1.87. The fourth-order valence-electron chi connectivity index (χ4n) is 6.61. The van der Waals surface area contributed by atoms with Crippen LogP contribution in [0, 0.1) is 0 Å². The molecule has 1 atom stereocenters. The van der Waals surface area contributed by atoms with Gasteiger partial charge in [-0.3, -0.25) is 4.79 Å². The summed E-state index contributed by atoms with van der Waals surface area (Å²) in [4.78, 5) is 23.6. The normalized spacial score (nSPS) is 18.5. The second-order valence-corrected chi connectivity index (χ2v) is 12.0. The molecule has 1 N–H and O–H groups in total. The number of hydrogen-bond acceptors (Lipinski definition) is 6. The van der Waals surface area contributed by atoms with Crippen molar-refractivity contribution in [2.24, 2.45) is 0 Å². The predicted molar refractivity (Wildman–Crippen MR) is 167 cm³/mol. The third kappa shape index (κ3) is 6.29. The number of halogens is 3. The number of rotatable bonds is 7. The average molecular weight is 617 g/mol. The van der Waals surface area contributed by atoms with Crippen LogP contribution < -0.4 is 14.8 Å². The van der Waals surface area contributed by atoms with E-state index in [1.807, 2.05) is 41.3 Å². The van der Waals surface area contributed by atoms with Crippen molar-refractivity contribution in [2.75, 3.05) is 44.7 Å². The zero-order valence-corrected chi connectivity index (χ0v) is 24.9. The van der Waals surface area contributed by atoms with Gasteiger partial charge in [-0.15, -0.1) is 0 Å². The largest absolute Gasteiger partial charge is 0.486 e. The molecule has 0 radical (unpaired) electrons. The molecule has 0 aliphatic carbocycles. The molecule has 4 aromatic rings. The van der Waals surface area contributed by atoms with Crippen LogP contribution >= 0.6 is 0 Å². The van der Waals surface area contributed by atoms with E-state index < -0.39 is 11.7 Å². The van der Waals surface area contributed by atoms with Crippen LogP contribution in [0.1, 0.15) is 47.2 Å². The van der Waals surface area contributed by atoms with Crippen molar-refractivity contribution in [1.82, 2.24) is 14.8 Å². The van der Waals surface area contributed by atoms with Gasteiger partial charge < -0.3 is 24.6 Å². The van der Waals surface area contributed by atoms with Crippen molar-refractivity contribution in [3.05, 3.63) is 83.4 Å². The Morgan fingerprint density at radius 2 is 1.60 bits per heavy atom. The van der Waals surface area contributed by atoms with Gasteiger partial charge in [-0.1, -0.05) is 24.3 Å². The van der Waals surface area contributed by atoms with Crippen molar-refractivity contribution in [2.45, 2.75) is 44.4 Å². The van der Waals surface area contributed by atoms with Gasteiger partial charge in [0.05, 0.1) is 16.6 Å². The van der Waals surface area contributed by atoms with Crippen LogP contribution in [0.15, 0.2) is 66.7 Å². The number of pyridine rings is 1. The molecular weight excluding hydrogens is 581 g/mol. The maximum Gasteiger partial charge on any atom is 0.416 e. The van der Waals surface area contributed by atoms with Crippen molar-refractivity contribution in [3.63, 3.8) is 0 Å². The summed E-state index contributed by atoms with van der Waals surface area (Å²) in [5, 5.41) is 4.00. The number of alkyl halides is 3. The minimum atomic E-state index is -4.39. The number of hydrogen-bond donors (Lipinski definition) is 1. The highest BCUT2D eigenvalue weighted by molar-refractivity contribution is 6.08. The first-order chi connectivity index (χ1) is 21.8. The zero-order valence-electron chi connectivity index (χ0n) is 24.9. The Morgan fingerprint density at radius 3 is 2.38 bits per heavy atom. The monoisotopic (exact) mass is 616 g/mol. The highest BCUT2D eigenvalue weighted by Crippen LogP contribution is 2.36. The second kappa shape index (κ2) is 12.2. The summed E-state index contributed by atoms with van der Waals surface area (Å²) >= 11 is 0. The molecule has 0 bridgehead atoms. The van der Waals surface area contributed by atoms with Crippen LogP contribution in [0.25, 0.3) is 22.0 Å². The maximum absolute atomic E-state index is 14.4. The van der Waals surface area contributed by atoms with Crippen molar-refractivity contribution in [3.8, 4) is 22.6 Å². The van der Waals surface area contributed by atoms with Crippen molar-refractivity contribution >= 4 is 22.6 Å². The van der Waals surface area contributed by atoms with Crippen LogP contribution in [0.3, 0.4) is 0 Å². The lowest BCUT2D eigenvalue weighted by Crippen LogP contribution is -2.42. The molecule has 7 nitrogen and oxygen atoms in total. The SMILES string of the molecule is O=C(c1cc(NCc2ccc(C(F)(F)F)cc2)nc2ccc(-c3ccc4c(c3)OCCO4)cc12)N1CCC[C@H]1CN1CCCC1. The Bertz CT molecular complexity index is 1700. The standard InChI is InChI=1S/C35H35F3N4O3/c36-35(37,38)26-9-5-23(6-10-26)21-39-33-20-29(34(43)42-15-3-4-27(42)22-41-13-1-2-14-41)28-18-24(7-11-30(28)40-33)25-8-12-31-32(19-25)45-17-16-44-31/h5-12,18-20,27H,1-4,13-17,21-22H2,(H,39,40)/t27-/m0/s1. The van der Waals surface area contributed by atoms with Gasteiger partial charge in [0.1, 0.15) is 19.0 Å². The van der Waals surface area contributed by atoms with Crippen molar-refractivity contribution in [1.29, 1.82) is 0 Å². The molecule has 10 heteroatoms. The number of carbonyl (C=O) groups is 1. The number of carbonyl (C=O) groups excluding carboxylic acids is 1. The van der Waals surface area contributed by atoms with E-state index in [-0.39, 0.29) is 18.5 Å². The smallest absolute Gasteiger partial charge is 0.416 e. The van der Waals surface area contributed by atoms with Gasteiger partial charge >= 0.3 is 6.18 Å². The molecular formula is C35H35F3N4O3. The average Bonchev–Trinajstić information content (AvgIpc) is 3.75. The first-order valence-electron chi connectivity index (χ1n) is 15.6. The van der Waals surface area contributed by atoms with Crippen LogP contribution in [0.4, 0.5) is 19.0 Å². The number of ether oxygens (including phenoxy) is 2. The van der Waals surface area contributed by atoms with Crippen LogP contribution in [-0.2, 0) is 12.7 Å². The number of nitrogens with zero attached hydrogens (tertiary/aromatic N) is 3. The van der Waals surface area contributed by atoms with Gasteiger partial charge in [0.2, 0.25) is 0 Å². The number of nitrogens with one attached hydrogen (secondary N) is 1. The van der Waals surface area contributed by atoms with Crippen LogP contribution in [0.5, 0.6) is 11.5 Å². The molecule has 3 aliphatic heterocycles. The summed E-state index contributed by atoms with van der Waals surface area (Å²) in [7, 11) is 0. The number of fused-ring (bicyclic) bond motifs is 2. The molecule has 2 saturated heterocycles. The van der Waals surface area contributed by atoms with Gasteiger partial charge in [0, 0.05) is 31.1 Å². The van der Waals surface area contributed by atoms with E-state index >= 15 is 0 Å². The Hall–Kier alpha value is -4.31. The minimum Gasteiger partial charge on any atom is -0.486 e. The number of likely N-dealkylation sites (tertiary alicyclic amines) is 2. The molecule has 7 rings (SSSR count). The van der Waals surface area contributed by atoms with Gasteiger partial charge in [0.25, 0.3) is 5.91 Å². The Balaban J connectivity index is 1.22. The quantitative estimate of drug-likeness (QED) is 0.241. The molecule has 1 aromatic heterocycles. The first kappa shape index (κ1) is 29.4. The Labute approximate surface area is 259 Å². The molecule has 3 aromatic carbocycles. The van der Waals surface area contributed by atoms with E-state index in [0.717, 1.165) is 61.1 Å². The molecule has 4 heterocycles. The highest BCUT2D eigenvalue weighted by Gasteiger charge is 2.33. The second-order valence-electron chi connectivity index (χ2n) is 12.0. The summed E-state index contributed by atoms with van der Waals surface area (Å²) in [5.41, 5.74) is 3.07. The summed E-state index contributed by atoms with van der Waals surface area (Å²) < 4.78 is 50.6. The summed E-state index contributed by atoms with van der Waals surface area (Å²) in [6.45, 7) is 5.02. The molecule has 3 aliphatic rings. The van der Waals surface area contributed by atoms with Crippen LogP contribution in [-0.4, -0.2) is 66.1 Å². The Kier molecular flexibility index (Phi) is 7.99. The van der Waals surface area contributed by atoms with E-state index in [0.29, 0.717) is 53.7 Å². The maximum atomic E-state index is 14.4. The predicted octanol–water partition coefficient (Wildman–Crippen LogP) is 7.00. The molecule has 45 heavy (non-hydrogen) atoms. The van der Waals surface area contributed by atoms with Gasteiger partial charge in [-0.05, 0) is 97.9 Å². The third-order valence-corrected chi connectivity index (χ3v) is 8.98. The van der Waals surface area contributed by atoms with Gasteiger partial charge in [-0.25, -0.2) is 4.98 Å². The van der Waals surface area contributed by atoms with E-state index in [9.17, 15) is 18.0 Å². The number of amides is 1. The van der Waals surface area contributed by atoms with Crippen LogP contribution in [0.2, 0.25) is 0 Å². The van der Waals surface area contributed by atoms with E-state index in [1.165, 1.54) is 25.0 Å². The molecule has 0 saturated carbocycles. The number of benzene rings is 3. The lowest BCUT2D eigenvalue weighted by atomic mass is 9.99. The lowest BCUT2D eigenvalue weighted by Gasteiger charge is -2.29. The molecule has 2 fully saturated rings.